The summed E-state index contributed by atoms with van der Waals surface area (Å²) in [4.78, 5) is 3.59. The predicted octanol–water partition coefficient (Wildman–Crippen LogP) is 1.17. The third kappa shape index (κ3) is 4.39. The molecule has 1 fully saturated rings. The fourth-order valence-corrected chi connectivity index (χ4v) is 2.61. The lowest BCUT2D eigenvalue weighted by Crippen LogP contribution is -2.40. The highest BCUT2D eigenvalue weighted by atomic mass is 32.2. The van der Waals surface area contributed by atoms with E-state index < -0.39 is 10.0 Å². The van der Waals surface area contributed by atoms with Gasteiger partial charge in [-0.15, -0.1) is 0 Å². The summed E-state index contributed by atoms with van der Waals surface area (Å²) in [5.41, 5.74) is 2.78. The summed E-state index contributed by atoms with van der Waals surface area (Å²) >= 11 is 0. The molecule has 0 atom stereocenters. The molecule has 4 nitrogen and oxygen atoms in total. The Morgan fingerprint density at radius 2 is 1.93 bits per heavy atom. The zero-order valence-electron chi connectivity index (χ0n) is 8.70. The molecule has 83 valence electrons. The van der Waals surface area contributed by atoms with Crippen molar-refractivity contribution in [2.24, 2.45) is 0 Å². The van der Waals surface area contributed by atoms with Gasteiger partial charge in [0, 0.05) is 6.04 Å². The first-order valence-electron chi connectivity index (χ1n) is 5.34. The van der Waals surface area contributed by atoms with E-state index in [0.717, 1.165) is 12.8 Å². The average Bonchev–Trinajstić information content (AvgIpc) is 2.17. The number of sulfonamides is 1. The fourth-order valence-electron chi connectivity index (χ4n) is 1.69. The van der Waals surface area contributed by atoms with E-state index in [4.69, 9.17) is 0 Å². The first-order valence-corrected chi connectivity index (χ1v) is 6.95. The molecule has 1 aliphatic rings. The molecule has 0 aliphatic heterocycles. The predicted molar refractivity (Wildman–Crippen MR) is 56.2 cm³/mol. The minimum atomic E-state index is -3.22. The Hall–Kier alpha value is -0.130. The maximum absolute atomic E-state index is 11.2. The van der Waals surface area contributed by atoms with Gasteiger partial charge < -0.3 is 0 Å². The van der Waals surface area contributed by atoms with Gasteiger partial charge in [0.15, 0.2) is 0 Å². The van der Waals surface area contributed by atoms with Gasteiger partial charge in [0.05, 0.1) is 5.75 Å². The highest BCUT2D eigenvalue weighted by molar-refractivity contribution is 7.89. The van der Waals surface area contributed by atoms with E-state index in [2.05, 4.69) is 10.3 Å². The lowest BCUT2D eigenvalue weighted by atomic mass is 9.96. The molecular formula is C9H19N2O2S. The Balaban J connectivity index is 2.24. The van der Waals surface area contributed by atoms with Crippen LogP contribution in [0.1, 0.15) is 45.4 Å². The van der Waals surface area contributed by atoms with Gasteiger partial charge in [-0.25, -0.2) is 13.8 Å². The monoisotopic (exact) mass is 219 g/mol. The summed E-state index contributed by atoms with van der Waals surface area (Å²) in [6, 6.07) is 0.274. The van der Waals surface area contributed by atoms with Crippen LogP contribution in [0.2, 0.25) is 0 Å². The topological polar surface area (TPSA) is 60.3 Å². The molecule has 0 heterocycles. The second-order valence-electron chi connectivity index (χ2n) is 3.84. The molecule has 0 saturated heterocycles. The molecule has 0 bridgehead atoms. The van der Waals surface area contributed by atoms with Crippen molar-refractivity contribution in [3.63, 3.8) is 0 Å². The molecule has 0 spiro atoms. The maximum atomic E-state index is 11.2. The van der Waals surface area contributed by atoms with Crippen molar-refractivity contribution in [2.45, 2.75) is 51.5 Å². The SMILES string of the molecule is CCCS(=O)(=O)[N]NC1CCCCC1. The second kappa shape index (κ2) is 5.68. The van der Waals surface area contributed by atoms with Gasteiger partial charge in [-0.3, -0.25) is 0 Å². The standard InChI is InChI=1S/C9H19N2O2S/c1-2-8-14(12,13)11-10-9-6-4-3-5-7-9/h9-10H,2-8H2,1H3. The largest absolute Gasteiger partial charge is 0.242 e. The van der Waals surface area contributed by atoms with E-state index in [1.807, 2.05) is 6.92 Å². The molecule has 1 aliphatic carbocycles. The summed E-state index contributed by atoms with van der Waals surface area (Å²) in [6.07, 6.45) is 6.34. The van der Waals surface area contributed by atoms with Crippen LogP contribution in [-0.2, 0) is 10.0 Å². The summed E-state index contributed by atoms with van der Waals surface area (Å²) in [5.74, 6) is 0.146. The van der Waals surface area contributed by atoms with Gasteiger partial charge >= 0.3 is 0 Å². The van der Waals surface area contributed by atoms with Crippen molar-refractivity contribution in [2.75, 3.05) is 5.75 Å². The molecular weight excluding hydrogens is 200 g/mol. The molecule has 0 aromatic heterocycles. The molecule has 0 amide bonds. The Morgan fingerprint density at radius 3 is 2.50 bits per heavy atom. The summed E-state index contributed by atoms with van der Waals surface area (Å²) in [5, 5.41) is 0. The van der Waals surface area contributed by atoms with Crippen LogP contribution in [0.25, 0.3) is 0 Å². The minimum Gasteiger partial charge on any atom is -0.222 e. The quantitative estimate of drug-likeness (QED) is 0.706. The zero-order valence-corrected chi connectivity index (χ0v) is 9.52. The van der Waals surface area contributed by atoms with Crippen molar-refractivity contribution >= 4 is 10.0 Å². The number of hydrogen-bond donors (Lipinski definition) is 1. The summed E-state index contributed by atoms with van der Waals surface area (Å²) in [6.45, 7) is 1.84. The van der Waals surface area contributed by atoms with E-state index in [1.165, 1.54) is 19.3 Å². The normalized spacial score (nSPS) is 19.8. The lowest BCUT2D eigenvalue weighted by molar-refractivity contribution is 0.358. The van der Waals surface area contributed by atoms with Crippen molar-refractivity contribution in [3.05, 3.63) is 0 Å². The van der Waals surface area contributed by atoms with E-state index in [-0.39, 0.29) is 11.8 Å². The highest BCUT2D eigenvalue weighted by Crippen LogP contribution is 2.16. The average molecular weight is 219 g/mol. The van der Waals surface area contributed by atoms with Crippen molar-refractivity contribution in [3.8, 4) is 0 Å². The van der Waals surface area contributed by atoms with Crippen LogP contribution in [0, 0.1) is 0 Å². The smallest absolute Gasteiger partial charge is 0.222 e. The van der Waals surface area contributed by atoms with Crippen LogP contribution in [0.5, 0.6) is 0 Å². The molecule has 1 rings (SSSR count). The van der Waals surface area contributed by atoms with Crippen LogP contribution in [-0.4, -0.2) is 20.2 Å². The minimum absolute atomic E-state index is 0.146. The number of hydrogen-bond acceptors (Lipinski definition) is 3. The first-order chi connectivity index (χ1) is 6.64. The Bertz CT molecular complexity index is 246. The summed E-state index contributed by atoms with van der Waals surface area (Å²) in [7, 11) is -3.22. The van der Waals surface area contributed by atoms with Crippen molar-refractivity contribution in [1.82, 2.24) is 10.3 Å². The van der Waals surface area contributed by atoms with E-state index in [0.29, 0.717) is 6.42 Å². The van der Waals surface area contributed by atoms with Gasteiger partial charge in [-0.2, -0.15) is 0 Å². The van der Waals surface area contributed by atoms with E-state index >= 15 is 0 Å². The fraction of sp³-hybridized carbons (Fsp3) is 1.00. The van der Waals surface area contributed by atoms with Gasteiger partial charge in [-0.1, -0.05) is 26.2 Å². The molecule has 14 heavy (non-hydrogen) atoms. The van der Waals surface area contributed by atoms with Gasteiger partial charge in [0.2, 0.25) is 10.0 Å². The highest BCUT2D eigenvalue weighted by Gasteiger charge is 2.17. The molecule has 1 saturated carbocycles. The van der Waals surface area contributed by atoms with E-state index in [9.17, 15) is 8.42 Å². The Labute approximate surface area is 86.5 Å². The third-order valence-electron chi connectivity index (χ3n) is 2.44. The Morgan fingerprint density at radius 1 is 1.29 bits per heavy atom. The molecule has 5 heteroatoms. The third-order valence-corrected chi connectivity index (χ3v) is 3.75. The van der Waals surface area contributed by atoms with Gasteiger partial charge in [0.1, 0.15) is 0 Å². The molecule has 0 aromatic carbocycles. The van der Waals surface area contributed by atoms with Gasteiger partial charge in [0.25, 0.3) is 0 Å². The Kier molecular flexibility index (Phi) is 4.84. The van der Waals surface area contributed by atoms with Crippen LogP contribution in [0.4, 0.5) is 0 Å². The second-order valence-corrected chi connectivity index (χ2v) is 5.60. The van der Waals surface area contributed by atoms with Crippen molar-refractivity contribution in [1.29, 1.82) is 0 Å². The van der Waals surface area contributed by atoms with E-state index in [1.54, 1.807) is 0 Å². The lowest BCUT2D eigenvalue weighted by Gasteiger charge is -2.21. The van der Waals surface area contributed by atoms with Crippen molar-refractivity contribution < 1.29 is 8.42 Å². The number of rotatable bonds is 5. The van der Waals surface area contributed by atoms with Gasteiger partial charge in [-0.05, 0) is 24.1 Å². The van der Waals surface area contributed by atoms with Crippen LogP contribution >= 0.6 is 0 Å². The first kappa shape index (κ1) is 11.9. The molecule has 1 radical (unpaired) electrons. The zero-order chi connectivity index (χ0) is 10.4. The number of nitrogens with one attached hydrogen (secondary N) is 1. The molecule has 0 aromatic rings. The number of nitrogens with zero attached hydrogens (tertiary/aromatic N) is 1. The van der Waals surface area contributed by atoms with Crippen LogP contribution < -0.4 is 10.3 Å². The summed E-state index contributed by atoms with van der Waals surface area (Å²) < 4.78 is 22.5. The molecule has 0 unspecified atom stereocenters. The van der Waals surface area contributed by atoms with Crippen LogP contribution in [0.15, 0.2) is 0 Å². The maximum Gasteiger partial charge on any atom is 0.242 e. The molecule has 1 N–H and O–H groups in total. The van der Waals surface area contributed by atoms with Crippen LogP contribution in [0.3, 0.4) is 0 Å².